The van der Waals surface area contributed by atoms with Gasteiger partial charge in [-0.15, -0.1) is 0 Å². The van der Waals surface area contributed by atoms with Crippen molar-refractivity contribution in [2.75, 3.05) is 0 Å². The number of ether oxygens (including phenoxy) is 1. The molecule has 0 spiro atoms. The molecule has 0 aliphatic carbocycles. The molecule has 0 radical (unpaired) electrons. The van der Waals surface area contributed by atoms with Gasteiger partial charge in [0.15, 0.2) is 0 Å². The summed E-state index contributed by atoms with van der Waals surface area (Å²) >= 11 is 24.4. The summed E-state index contributed by atoms with van der Waals surface area (Å²) in [5.41, 5.74) is 4.19. The quantitative estimate of drug-likeness (QED) is 0.194. The number of benzene rings is 3. The minimum Gasteiger partial charge on any atom is -0.488 e. The second-order valence-corrected chi connectivity index (χ2v) is 8.65. The summed E-state index contributed by atoms with van der Waals surface area (Å²) in [6.07, 6.45) is 1.39. The van der Waals surface area contributed by atoms with E-state index >= 15 is 0 Å². The molecule has 0 aliphatic heterocycles. The molecule has 9 heteroatoms. The van der Waals surface area contributed by atoms with Crippen molar-refractivity contribution < 1.29 is 13.9 Å². The lowest BCUT2D eigenvalue weighted by molar-refractivity contribution is 0.0950. The van der Waals surface area contributed by atoms with E-state index in [0.29, 0.717) is 48.5 Å². The summed E-state index contributed by atoms with van der Waals surface area (Å²) in [6, 6.07) is 20.7. The predicted molar refractivity (Wildman–Crippen MR) is 136 cm³/mol. The number of para-hydroxylation sites is 1. The molecular formula is C25H16Cl4N2O3. The van der Waals surface area contributed by atoms with Crippen LogP contribution in [0.3, 0.4) is 0 Å². The van der Waals surface area contributed by atoms with E-state index in [9.17, 15) is 4.79 Å². The maximum absolute atomic E-state index is 12.7. The lowest BCUT2D eigenvalue weighted by Crippen LogP contribution is -2.18. The number of halogens is 4. The van der Waals surface area contributed by atoms with Crippen molar-refractivity contribution in [3.8, 4) is 17.1 Å². The van der Waals surface area contributed by atoms with Crippen LogP contribution in [0, 0.1) is 0 Å². The van der Waals surface area contributed by atoms with E-state index in [1.807, 2.05) is 0 Å². The van der Waals surface area contributed by atoms with Gasteiger partial charge < -0.3 is 9.15 Å². The normalized spacial score (nSPS) is 11.1. The Kier molecular flexibility index (Phi) is 7.80. The fraction of sp³-hybridized carbons (Fsp3) is 0.0400. The van der Waals surface area contributed by atoms with E-state index < -0.39 is 5.91 Å². The zero-order valence-corrected chi connectivity index (χ0v) is 20.4. The van der Waals surface area contributed by atoms with Gasteiger partial charge in [-0.3, -0.25) is 4.79 Å². The summed E-state index contributed by atoms with van der Waals surface area (Å²) in [4.78, 5) is 12.7. The van der Waals surface area contributed by atoms with Gasteiger partial charge in [0.05, 0.1) is 21.8 Å². The fourth-order valence-electron chi connectivity index (χ4n) is 3.05. The van der Waals surface area contributed by atoms with Crippen molar-refractivity contribution in [2.45, 2.75) is 6.61 Å². The smallest absolute Gasteiger partial charge is 0.275 e. The highest BCUT2D eigenvalue weighted by atomic mass is 35.5. The van der Waals surface area contributed by atoms with Gasteiger partial charge >= 0.3 is 0 Å². The van der Waals surface area contributed by atoms with Crippen molar-refractivity contribution in [2.24, 2.45) is 5.10 Å². The van der Waals surface area contributed by atoms with Gasteiger partial charge in [-0.25, -0.2) is 5.43 Å². The molecule has 0 bridgehead atoms. The molecule has 1 amide bonds. The Bertz CT molecular complexity index is 1370. The Labute approximate surface area is 215 Å². The van der Waals surface area contributed by atoms with E-state index in [1.165, 1.54) is 6.21 Å². The molecule has 34 heavy (non-hydrogen) atoms. The van der Waals surface area contributed by atoms with Gasteiger partial charge in [0.2, 0.25) is 0 Å². The largest absolute Gasteiger partial charge is 0.488 e. The molecule has 0 unspecified atom stereocenters. The molecule has 172 valence electrons. The maximum Gasteiger partial charge on any atom is 0.275 e. The topological polar surface area (TPSA) is 63.8 Å². The third kappa shape index (κ3) is 5.75. The Balaban J connectivity index is 1.42. The lowest BCUT2D eigenvalue weighted by Gasteiger charge is -2.11. The number of carbonyl (C=O) groups is 1. The summed E-state index contributed by atoms with van der Waals surface area (Å²) in [6.45, 7) is 0.171. The molecule has 0 saturated heterocycles. The third-order valence-electron chi connectivity index (χ3n) is 4.73. The lowest BCUT2D eigenvalue weighted by atomic mass is 10.2. The van der Waals surface area contributed by atoms with Crippen molar-refractivity contribution in [3.63, 3.8) is 0 Å². The van der Waals surface area contributed by atoms with E-state index in [0.717, 1.165) is 5.56 Å². The van der Waals surface area contributed by atoms with Crippen LogP contribution in [0.15, 0.2) is 82.3 Å². The van der Waals surface area contributed by atoms with Crippen LogP contribution < -0.4 is 10.2 Å². The number of amides is 1. The minimum atomic E-state index is -0.446. The molecule has 1 N–H and O–H groups in total. The molecule has 0 aliphatic rings. The van der Waals surface area contributed by atoms with Crippen LogP contribution >= 0.6 is 46.4 Å². The molecule has 4 aromatic rings. The highest BCUT2D eigenvalue weighted by Crippen LogP contribution is 2.34. The summed E-state index contributed by atoms with van der Waals surface area (Å²) in [7, 11) is 0. The zero-order chi connectivity index (χ0) is 24.1. The number of carbonyl (C=O) groups excluding carboxylic acids is 1. The van der Waals surface area contributed by atoms with Crippen molar-refractivity contribution in [3.05, 3.63) is 110 Å². The summed E-state index contributed by atoms with van der Waals surface area (Å²) in [5, 5.41) is 5.82. The van der Waals surface area contributed by atoms with Crippen LogP contribution in [0.1, 0.15) is 21.7 Å². The highest BCUT2D eigenvalue weighted by molar-refractivity contribution is 6.43. The third-order valence-corrected chi connectivity index (χ3v) is 6.14. The number of hydrogen-bond acceptors (Lipinski definition) is 4. The number of hydrazone groups is 1. The molecule has 1 heterocycles. The first-order chi connectivity index (χ1) is 16.4. The second kappa shape index (κ2) is 11.0. The van der Waals surface area contributed by atoms with Crippen molar-refractivity contribution >= 4 is 58.5 Å². The van der Waals surface area contributed by atoms with Gasteiger partial charge in [0.25, 0.3) is 5.91 Å². The monoisotopic (exact) mass is 532 g/mol. The van der Waals surface area contributed by atoms with Gasteiger partial charge in [-0.2, -0.15) is 5.10 Å². The molecule has 1 aromatic heterocycles. The first kappa shape index (κ1) is 24.2. The first-order valence-corrected chi connectivity index (χ1v) is 11.5. The van der Waals surface area contributed by atoms with Crippen molar-refractivity contribution in [1.29, 1.82) is 0 Å². The number of rotatable bonds is 7. The fourth-order valence-corrected chi connectivity index (χ4v) is 3.91. The van der Waals surface area contributed by atoms with Crippen LogP contribution in [0.2, 0.25) is 20.1 Å². The van der Waals surface area contributed by atoms with Gasteiger partial charge in [-0.1, -0.05) is 70.7 Å². The van der Waals surface area contributed by atoms with Crippen LogP contribution in [0.5, 0.6) is 5.75 Å². The van der Waals surface area contributed by atoms with Gasteiger partial charge in [0, 0.05) is 21.2 Å². The Morgan fingerprint density at radius 2 is 1.76 bits per heavy atom. The maximum atomic E-state index is 12.7. The average molecular weight is 534 g/mol. The summed E-state index contributed by atoms with van der Waals surface area (Å²) < 4.78 is 11.6. The van der Waals surface area contributed by atoms with E-state index in [-0.39, 0.29) is 6.61 Å². The molecule has 0 atom stereocenters. The van der Waals surface area contributed by atoms with Crippen LogP contribution in [0.4, 0.5) is 0 Å². The molecule has 3 aromatic carbocycles. The van der Waals surface area contributed by atoms with Gasteiger partial charge in [0.1, 0.15) is 23.9 Å². The van der Waals surface area contributed by atoms with Crippen LogP contribution in [0.25, 0.3) is 11.3 Å². The predicted octanol–water partition coefficient (Wildman–Crippen LogP) is 7.90. The van der Waals surface area contributed by atoms with E-state index in [4.69, 9.17) is 55.6 Å². The molecule has 4 rings (SSSR count). The SMILES string of the molecule is O=C(N/N=C/c1ccc(-c2cccc(Cl)c2Cl)o1)c1ccccc1OCc1ccc(Cl)cc1Cl. The van der Waals surface area contributed by atoms with Crippen LogP contribution in [-0.4, -0.2) is 12.1 Å². The number of nitrogens with one attached hydrogen (secondary N) is 1. The standard InChI is InChI=1S/C25H16Cl4N2O3/c26-16-9-8-15(21(28)12-16)14-33-22-7-2-1-4-19(22)25(32)31-30-13-17-10-11-23(34-17)18-5-3-6-20(27)24(18)29/h1-13H,14H2,(H,31,32)/b30-13+. The first-order valence-electron chi connectivity index (χ1n) is 9.96. The van der Waals surface area contributed by atoms with E-state index in [2.05, 4.69) is 10.5 Å². The molecule has 5 nitrogen and oxygen atoms in total. The number of hydrogen-bond donors (Lipinski definition) is 1. The Morgan fingerprint density at radius 3 is 2.59 bits per heavy atom. The average Bonchev–Trinajstić information content (AvgIpc) is 3.29. The zero-order valence-electron chi connectivity index (χ0n) is 17.4. The number of furan rings is 1. The van der Waals surface area contributed by atoms with Gasteiger partial charge in [-0.05, 0) is 48.5 Å². The molecular weight excluding hydrogens is 518 g/mol. The Hall–Kier alpha value is -2.96. The van der Waals surface area contributed by atoms with Crippen molar-refractivity contribution in [1.82, 2.24) is 5.43 Å². The second-order valence-electron chi connectivity index (χ2n) is 7.02. The molecule has 0 saturated carbocycles. The molecule has 0 fully saturated rings. The highest BCUT2D eigenvalue weighted by Gasteiger charge is 2.13. The summed E-state index contributed by atoms with van der Waals surface area (Å²) in [5.74, 6) is 0.893. The van der Waals surface area contributed by atoms with E-state index in [1.54, 1.807) is 72.8 Å². The van der Waals surface area contributed by atoms with Crippen LogP contribution in [-0.2, 0) is 6.61 Å². The number of nitrogens with zero attached hydrogens (tertiary/aromatic N) is 1. The Morgan fingerprint density at radius 1 is 0.941 bits per heavy atom. The minimum absolute atomic E-state index is 0.171.